The molecule has 0 aromatic heterocycles. The second-order valence-corrected chi connectivity index (χ2v) is 5.81. The van der Waals surface area contributed by atoms with Gasteiger partial charge in [0.1, 0.15) is 17.5 Å². The number of carbonyl (C=O) groups excluding carboxylic acids is 1. The number of para-hydroxylation sites is 1. The molecule has 0 radical (unpaired) electrons. The van der Waals surface area contributed by atoms with Crippen molar-refractivity contribution < 1.29 is 9.18 Å². The summed E-state index contributed by atoms with van der Waals surface area (Å²) in [6, 6.07) is 17.9. The largest absolute Gasteiger partial charge is 0.366 e. The molecule has 1 fully saturated rings. The van der Waals surface area contributed by atoms with E-state index in [-0.39, 0.29) is 17.3 Å². The number of carbonyl (C=O) groups is 1. The van der Waals surface area contributed by atoms with Gasteiger partial charge in [0.15, 0.2) is 0 Å². The summed E-state index contributed by atoms with van der Waals surface area (Å²) in [7, 11) is 0. The summed E-state index contributed by atoms with van der Waals surface area (Å²) < 4.78 is 13.9. The fourth-order valence-corrected chi connectivity index (χ4v) is 2.89. The van der Waals surface area contributed by atoms with Gasteiger partial charge in [0.25, 0.3) is 5.91 Å². The predicted octanol–water partition coefficient (Wildman–Crippen LogP) is 3.08. The minimum Gasteiger partial charge on any atom is -0.366 e. The molecule has 4 nitrogen and oxygen atoms in total. The maximum absolute atomic E-state index is 13.9. The Bertz CT molecular complexity index is 818. The highest BCUT2D eigenvalue weighted by molar-refractivity contribution is 6.01. The van der Waals surface area contributed by atoms with Gasteiger partial charge in [-0.3, -0.25) is 4.79 Å². The Morgan fingerprint density at radius 3 is 2.28 bits per heavy atom. The van der Waals surface area contributed by atoms with E-state index in [0.29, 0.717) is 31.9 Å². The lowest BCUT2D eigenvalue weighted by atomic mass is 10.1. The van der Waals surface area contributed by atoms with Gasteiger partial charge in [-0.15, -0.1) is 0 Å². The Hall–Kier alpha value is -3.13. The molecule has 1 aliphatic rings. The molecular weight excluding hydrogens is 317 g/mol. The maximum atomic E-state index is 13.9. The van der Waals surface area contributed by atoms with Crippen LogP contribution in [0.5, 0.6) is 0 Å². The molecule has 5 heteroatoms. The van der Waals surface area contributed by atoms with Crippen molar-refractivity contribution >= 4 is 17.7 Å². The fourth-order valence-electron chi connectivity index (χ4n) is 2.89. The van der Waals surface area contributed by atoms with E-state index in [1.807, 2.05) is 41.3 Å². The molecule has 0 aliphatic carbocycles. The number of amides is 1. The van der Waals surface area contributed by atoms with Crippen molar-refractivity contribution in [2.24, 2.45) is 0 Å². The van der Waals surface area contributed by atoms with Crippen LogP contribution >= 0.6 is 0 Å². The normalized spacial score (nSPS) is 15.0. The highest BCUT2D eigenvalue weighted by Crippen LogP contribution is 2.21. The minimum absolute atomic E-state index is 0.116. The van der Waals surface area contributed by atoms with Crippen LogP contribution in [-0.4, -0.2) is 37.0 Å². The summed E-state index contributed by atoms with van der Waals surface area (Å²) in [5.74, 6) is -0.538. The zero-order chi connectivity index (χ0) is 17.6. The molecule has 3 rings (SSSR count). The van der Waals surface area contributed by atoms with Gasteiger partial charge in [0.2, 0.25) is 0 Å². The smallest absolute Gasteiger partial charge is 0.264 e. The summed E-state index contributed by atoms with van der Waals surface area (Å²) in [5, 5.41) is 9.33. The van der Waals surface area contributed by atoms with Gasteiger partial charge in [-0.25, -0.2) is 4.39 Å². The third-order valence-electron chi connectivity index (χ3n) is 4.22. The molecule has 0 atom stereocenters. The lowest BCUT2D eigenvalue weighted by Crippen LogP contribution is -2.49. The molecule has 1 heterocycles. The number of nitrogens with zero attached hydrogens (tertiary/aromatic N) is 3. The first-order valence-electron chi connectivity index (χ1n) is 8.14. The van der Waals surface area contributed by atoms with E-state index >= 15 is 0 Å². The van der Waals surface area contributed by atoms with Gasteiger partial charge in [-0.2, -0.15) is 5.26 Å². The molecule has 126 valence electrons. The van der Waals surface area contributed by atoms with Crippen LogP contribution in [0.1, 0.15) is 5.56 Å². The average Bonchev–Trinajstić information content (AvgIpc) is 2.67. The average molecular weight is 335 g/mol. The molecule has 1 aliphatic heterocycles. The SMILES string of the molecule is N#C/C(=C/c1ccccc1)C(=O)N1CCN(c2ccccc2F)CC1. The summed E-state index contributed by atoms with van der Waals surface area (Å²) in [6.07, 6.45) is 1.60. The highest BCUT2D eigenvalue weighted by atomic mass is 19.1. The monoisotopic (exact) mass is 335 g/mol. The van der Waals surface area contributed by atoms with Crippen LogP contribution in [0.2, 0.25) is 0 Å². The first-order valence-corrected chi connectivity index (χ1v) is 8.14. The van der Waals surface area contributed by atoms with E-state index in [1.165, 1.54) is 6.07 Å². The van der Waals surface area contributed by atoms with Crippen molar-refractivity contribution in [3.8, 4) is 6.07 Å². The maximum Gasteiger partial charge on any atom is 0.264 e. The molecule has 0 N–H and O–H groups in total. The number of halogens is 1. The predicted molar refractivity (Wildman–Crippen MR) is 95.2 cm³/mol. The van der Waals surface area contributed by atoms with E-state index in [4.69, 9.17) is 0 Å². The number of nitriles is 1. The first-order chi connectivity index (χ1) is 12.2. The summed E-state index contributed by atoms with van der Waals surface area (Å²) in [6.45, 7) is 2.00. The Morgan fingerprint density at radius 2 is 1.64 bits per heavy atom. The number of piperazine rings is 1. The summed E-state index contributed by atoms with van der Waals surface area (Å²) in [5.41, 5.74) is 1.48. The van der Waals surface area contributed by atoms with Gasteiger partial charge in [0.05, 0.1) is 5.69 Å². The molecule has 0 bridgehead atoms. The van der Waals surface area contributed by atoms with Gasteiger partial charge in [-0.05, 0) is 23.8 Å². The second-order valence-electron chi connectivity index (χ2n) is 5.81. The quantitative estimate of drug-likeness (QED) is 0.640. The van der Waals surface area contributed by atoms with Crippen molar-refractivity contribution in [3.05, 3.63) is 71.6 Å². The zero-order valence-electron chi connectivity index (χ0n) is 13.7. The number of hydrogen-bond donors (Lipinski definition) is 0. The Kier molecular flexibility index (Phi) is 5.10. The molecule has 1 saturated heterocycles. The Morgan fingerprint density at radius 1 is 1.00 bits per heavy atom. The zero-order valence-corrected chi connectivity index (χ0v) is 13.7. The second kappa shape index (κ2) is 7.63. The molecular formula is C20H18FN3O. The first kappa shape index (κ1) is 16.7. The topological polar surface area (TPSA) is 47.3 Å². The van der Waals surface area contributed by atoms with Crippen LogP contribution in [0.3, 0.4) is 0 Å². The molecule has 0 unspecified atom stereocenters. The number of rotatable bonds is 3. The van der Waals surface area contributed by atoms with Gasteiger partial charge in [0, 0.05) is 26.2 Å². The third kappa shape index (κ3) is 3.86. The number of anilines is 1. The van der Waals surface area contributed by atoms with Crippen molar-refractivity contribution in [2.45, 2.75) is 0 Å². The molecule has 0 spiro atoms. The van der Waals surface area contributed by atoms with Crippen LogP contribution in [0, 0.1) is 17.1 Å². The van der Waals surface area contributed by atoms with Crippen molar-refractivity contribution in [1.82, 2.24) is 4.90 Å². The minimum atomic E-state index is -0.278. The van der Waals surface area contributed by atoms with Crippen LogP contribution in [-0.2, 0) is 4.79 Å². The molecule has 0 saturated carbocycles. The van der Waals surface area contributed by atoms with Crippen molar-refractivity contribution in [1.29, 1.82) is 5.26 Å². The third-order valence-corrected chi connectivity index (χ3v) is 4.22. The van der Waals surface area contributed by atoms with Crippen molar-refractivity contribution in [3.63, 3.8) is 0 Å². The van der Waals surface area contributed by atoms with E-state index in [1.54, 1.807) is 29.2 Å². The summed E-state index contributed by atoms with van der Waals surface area (Å²) in [4.78, 5) is 16.2. The Balaban J connectivity index is 1.68. The lowest BCUT2D eigenvalue weighted by Gasteiger charge is -2.36. The Labute approximate surface area is 146 Å². The van der Waals surface area contributed by atoms with E-state index in [2.05, 4.69) is 0 Å². The highest BCUT2D eigenvalue weighted by Gasteiger charge is 2.24. The van der Waals surface area contributed by atoms with E-state index in [9.17, 15) is 14.4 Å². The lowest BCUT2D eigenvalue weighted by molar-refractivity contribution is -0.126. The van der Waals surface area contributed by atoms with Gasteiger partial charge in [-0.1, -0.05) is 42.5 Å². The van der Waals surface area contributed by atoms with Crippen molar-refractivity contribution in [2.75, 3.05) is 31.1 Å². The van der Waals surface area contributed by atoms with Crippen LogP contribution < -0.4 is 4.90 Å². The standard InChI is InChI=1S/C20H18FN3O/c21-18-8-4-5-9-19(18)23-10-12-24(13-11-23)20(25)17(15-22)14-16-6-2-1-3-7-16/h1-9,14H,10-13H2/b17-14-. The molecule has 25 heavy (non-hydrogen) atoms. The van der Waals surface area contributed by atoms with Crippen LogP contribution in [0.4, 0.5) is 10.1 Å². The molecule has 1 amide bonds. The molecule has 2 aromatic carbocycles. The summed E-state index contributed by atoms with van der Waals surface area (Å²) >= 11 is 0. The van der Waals surface area contributed by atoms with Gasteiger partial charge >= 0.3 is 0 Å². The van der Waals surface area contributed by atoms with E-state index < -0.39 is 0 Å². The number of benzene rings is 2. The van der Waals surface area contributed by atoms with Crippen LogP contribution in [0.25, 0.3) is 6.08 Å². The van der Waals surface area contributed by atoms with E-state index in [0.717, 1.165) is 5.56 Å². The molecule has 2 aromatic rings. The van der Waals surface area contributed by atoms with Gasteiger partial charge < -0.3 is 9.80 Å². The number of hydrogen-bond acceptors (Lipinski definition) is 3. The fraction of sp³-hybridized carbons (Fsp3) is 0.200. The van der Waals surface area contributed by atoms with Crippen LogP contribution in [0.15, 0.2) is 60.2 Å².